The number of hydrogen-bond donors (Lipinski definition) is 0. The molecule has 0 N–H and O–H groups in total. The van der Waals surface area contributed by atoms with Crippen molar-refractivity contribution in [3.05, 3.63) is 65.2 Å². The molecule has 0 unspecified atom stereocenters. The first kappa shape index (κ1) is 15.1. The second-order valence-electron chi connectivity index (χ2n) is 7.52. The van der Waals surface area contributed by atoms with Gasteiger partial charge in [0.15, 0.2) is 17.3 Å². The van der Waals surface area contributed by atoms with Gasteiger partial charge in [0, 0.05) is 29.8 Å². The zero-order valence-electron chi connectivity index (χ0n) is 14.8. The van der Waals surface area contributed by atoms with Crippen LogP contribution in [-0.2, 0) is 13.0 Å². The Balaban J connectivity index is 1.53. The molecule has 1 saturated carbocycles. The molecule has 1 aliphatic carbocycles. The van der Waals surface area contributed by atoms with E-state index in [2.05, 4.69) is 27.2 Å². The monoisotopic (exact) mass is 359 g/mol. The van der Waals surface area contributed by atoms with Crippen molar-refractivity contribution in [1.29, 1.82) is 0 Å². The molecular weight excluding hydrogens is 341 g/mol. The largest absolute Gasteiger partial charge is 0.350 e. The van der Waals surface area contributed by atoms with E-state index >= 15 is 0 Å². The maximum Gasteiger partial charge on any atom is 0.185 e. The highest BCUT2D eigenvalue weighted by molar-refractivity contribution is 6.00. The fourth-order valence-electron chi connectivity index (χ4n) is 4.11. The first-order chi connectivity index (χ1) is 13.3. The molecule has 27 heavy (non-hydrogen) atoms. The minimum Gasteiger partial charge on any atom is -0.350 e. The number of nitrogens with zero attached hydrogens (tertiary/aromatic N) is 5. The van der Waals surface area contributed by atoms with Gasteiger partial charge in [-0.05, 0) is 42.5 Å². The second-order valence-corrected chi connectivity index (χ2v) is 7.52. The van der Waals surface area contributed by atoms with E-state index in [1.807, 2.05) is 22.7 Å². The Kier molecular flexibility index (Phi) is 3.06. The van der Waals surface area contributed by atoms with Gasteiger partial charge in [-0.1, -0.05) is 30.3 Å². The van der Waals surface area contributed by atoms with E-state index in [9.17, 15) is 4.39 Å². The van der Waals surface area contributed by atoms with Crippen molar-refractivity contribution in [3.63, 3.8) is 0 Å². The summed E-state index contributed by atoms with van der Waals surface area (Å²) in [7, 11) is 0. The Morgan fingerprint density at radius 2 is 1.81 bits per heavy atom. The molecule has 0 amide bonds. The smallest absolute Gasteiger partial charge is 0.185 e. The van der Waals surface area contributed by atoms with Crippen molar-refractivity contribution in [3.8, 4) is 0 Å². The van der Waals surface area contributed by atoms with Gasteiger partial charge < -0.3 is 4.90 Å². The number of anilines is 1. The van der Waals surface area contributed by atoms with Crippen LogP contribution in [0.5, 0.6) is 0 Å². The Labute approximate surface area is 155 Å². The predicted octanol–water partition coefficient (Wildman–Crippen LogP) is 3.86. The van der Waals surface area contributed by atoms with Crippen molar-refractivity contribution in [1.82, 2.24) is 19.8 Å². The van der Waals surface area contributed by atoms with Crippen molar-refractivity contribution in [2.75, 3.05) is 11.4 Å². The number of benzene rings is 2. The van der Waals surface area contributed by atoms with E-state index in [4.69, 9.17) is 5.10 Å². The van der Waals surface area contributed by atoms with Crippen molar-refractivity contribution < 1.29 is 4.39 Å². The number of hydrogen-bond acceptors (Lipinski definition) is 4. The maximum absolute atomic E-state index is 13.5. The molecule has 6 heteroatoms. The third-order valence-corrected chi connectivity index (χ3v) is 5.69. The van der Waals surface area contributed by atoms with Gasteiger partial charge in [0.2, 0.25) is 0 Å². The van der Waals surface area contributed by atoms with Gasteiger partial charge in [-0.2, -0.15) is 4.52 Å². The lowest BCUT2D eigenvalue weighted by atomic mass is 9.99. The summed E-state index contributed by atoms with van der Waals surface area (Å²) in [6.45, 7) is 1.55. The molecule has 3 heterocycles. The molecule has 0 saturated heterocycles. The van der Waals surface area contributed by atoms with Crippen LogP contribution in [0, 0.1) is 5.82 Å². The van der Waals surface area contributed by atoms with Gasteiger partial charge in [-0.15, -0.1) is 15.3 Å². The molecule has 0 atom stereocenters. The summed E-state index contributed by atoms with van der Waals surface area (Å²) in [6, 6.07) is 13.4. The van der Waals surface area contributed by atoms with Crippen LogP contribution in [0.1, 0.15) is 35.7 Å². The lowest BCUT2D eigenvalue weighted by Crippen LogP contribution is -2.31. The summed E-state index contributed by atoms with van der Waals surface area (Å²) in [4.78, 5) is 2.29. The fraction of sp³-hybridized carbons (Fsp3) is 0.286. The summed E-state index contributed by atoms with van der Waals surface area (Å²) in [5.41, 5.74) is 3.09. The summed E-state index contributed by atoms with van der Waals surface area (Å²) in [5.74, 6) is 2.24. The highest BCUT2D eigenvalue weighted by Gasteiger charge is 2.30. The molecular formula is C21H18FN5. The lowest BCUT2D eigenvalue weighted by Gasteiger charge is -2.30. The third kappa shape index (κ3) is 2.32. The highest BCUT2D eigenvalue weighted by atomic mass is 19.1. The molecule has 2 aromatic heterocycles. The zero-order valence-corrected chi connectivity index (χ0v) is 14.8. The van der Waals surface area contributed by atoms with Crippen molar-refractivity contribution in [2.24, 2.45) is 0 Å². The molecule has 0 radical (unpaired) electrons. The molecule has 6 rings (SSSR count). The van der Waals surface area contributed by atoms with Crippen LogP contribution in [0.25, 0.3) is 16.4 Å². The fourth-order valence-corrected chi connectivity index (χ4v) is 4.11. The van der Waals surface area contributed by atoms with E-state index in [1.165, 1.54) is 5.56 Å². The van der Waals surface area contributed by atoms with Crippen molar-refractivity contribution in [2.45, 2.75) is 31.7 Å². The van der Waals surface area contributed by atoms with Crippen LogP contribution in [0.2, 0.25) is 0 Å². The molecule has 5 nitrogen and oxygen atoms in total. The number of aromatic nitrogens is 4. The number of rotatable bonds is 2. The standard InChI is InChI=1S/C21H18FN5/c22-16-8-7-15-12-26(10-9-14(15)11-16)21-18-4-2-1-3-17(18)20-24-23-19(13-5-6-13)27(20)25-21/h1-4,7-8,11,13H,5-6,9-10,12H2. The van der Waals surface area contributed by atoms with Crippen LogP contribution in [-0.4, -0.2) is 26.4 Å². The van der Waals surface area contributed by atoms with E-state index in [1.54, 1.807) is 12.1 Å². The van der Waals surface area contributed by atoms with E-state index < -0.39 is 0 Å². The summed E-state index contributed by atoms with van der Waals surface area (Å²) in [5, 5.41) is 16.0. The van der Waals surface area contributed by atoms with Crippen LogP contribution in [0.4, 0.5) is 10.2 Å². The van der Waals surface area contributed by atoms with Crippen molar-refractivity contribution >= 4 is 22.2 Å². The molecule has 4 aromatic rings. The molecule has 1 aliphatic heterocycles. The number of fused-ring (bicyclic) bond motifs is 4. The van der Waals surface area contributed by atoms with Gasteiger partial charge >= 0.3 is 0 Å². The third-order valence-electron chi connectivity index (χ3n) is 5.69. The predicted molar refractivity (Wildman–Crippen MR) is 101 cm³/mol. The minimum absolute atomic E-state index is 0.161. The van der Waals surface area contributed by atoms with Gasteiger partial charge in [0.1, 0.15) is 5.82 Å². The molecule has 0 spiro atoms. The molecule has 1 fully saturated rings. The Hall–Kier alpha value is -3.02. The first-order valence-corrected chi connectivity index (χ1v) is 9.44. The Morgan fingerprint density at radius 1 is 0.963 bits per heavy atom. The minimum atomic E-state index is -0.161. The highest BCUT2D eigenvalue weighted by Crippen LogP contribution is 2.40. The average Bonchev–Trinajstić information content (AvgIpc) is 3.45. The normalized spacial score (nSPS) is 16.9. The SMILES string of the molecule is Fc1ccc2c(c1)CCN(c1nn3c(C4CC4)nnc3c3ccccc13)C2. The molecule has 2 aliphatic rings. The molecule has 2 aromatic carbocycles. The van der Waals surface area contributed by atoms with Gasteiger partial charge in [0.05, 0.1) is 0 Å². The van der Waals surface area contributed by atoms with Crippen LogP contribution < -0.4 is 4.90 Å². The Morgan fingerprint density at radius 3 is 2.67 bits per heavy atom. The van der Waals surface area contributed by atoms with Crippen LogP contribution in [0.3, 0.4) is 0 Å². The summed E-state index contributed by atoms with van der Waals surface area (Å²) >= 11 is 0. The van der Waals surface area contributed by atoms with E-state index in [0.29, 0.717) is 5.92 Å². The summed E-state index contributed by atoms with van der Waals surface area (Å²) in [6.07, 6.45) is 3.14. The average molecular weight is 359 g/mol. The Bertz CT molecular complexity index is 1190. The second kappa shape index (κ2) is 5.49. The lowest BCUT2D eigenvalue weighted by molar-refractivity contribution is 0.618. The van der Waals surface area contributed by atoms with Gasteiger partial charge in [-0.3, -0.25) is 0 Å². The zero-order chi connectivity index (χ0) is 18.0. The maximum atomic E-state index is 13.5. The quantitative estimate of drug-likeness (QED) is 0.545. The molecule has 134 valence electrons. The van der Waals surface area contributed by atoms with Gasteiger partial charge in [0.25, 0.3) is 0 Å². The van der Waals surface area contributed by atoms with Gasteiger partial charge in [-0.25, -0.2) is 4.39 Å². The first-order valence-electron chi connectivity index (χ1n) is 9.44. The molecule has 0 bridgehead atoms. The van der Waals surface area contributed by atoms with Crippen LogP contribution in [0.15, 0.2) is 42.5 Å². The van der Waals surface area contributed by atoms with E-state index in [0.717, 1.165) is 66.0 Å². The van der Waals surface area contributed by atoms with E-state index in [-0.39, 0.29) is 5.82 Å². The summed E-state index contributed by atoms with van der Waals surface area (Å²) < 4.78 is 15.5. The topological polar surface area (TPSA) is 46.3 Å². The number of halogens is 1. The van der Waals surface area contributed by atoms with Crippen LogP contribution >= 0.6 is 0 Å².